The zero-order valence-electron chi connectivity index (χ0n) is 18.6. The third kappa shape index (κ3) is 4.03. The Bertz CT molecular complexity index is 1390. The Kier molecular flexibility index (Phi) is 6.03. The summed E-state index contributed by atoms with van der Waals surface area (Å²) in [6.45, 7) is 2.39. The molecule has 0 amide bonds. The van der Waals surface area contributed by atoms with Gasteiger partial charge < -0.3 is 23.5 Å². The number of hydrogen-bond acceptors (Lipinski definition) is 10. The number of carbonyl (C=O) groups excluding carboxylic acids is 1. The van der Waals surface area contributed by atoms with Gasteiger partial charge in [0.15, 0.2) is 28.2 Å². The van der Waals surface area contributed by atoms with Crippen molar-refractivity contribution in [1.82, 2.24) is 14.5 Å². The molecule has 5 rings (SSSR count). The molecule has 0 saturated carbocycles. The fourth-order valence-electron chi connectivity index (χ4n) is 3.79. The van der Waals surface area contributed by atoms with Crippen LogP contribution in [0.2, 0.25) is 0 Å². The summed E-state index contributed by atoms with van der Waals surface area (Å²) in [7, 11) is 3.03. The minimum Gasteiger partial charge on any atom is -0.493 e. The molecule has 1 aliphatic rings. The first-order valence-electron chi connectivity index (χ1n) is 10.6. The number of methoxy groups -OCH3 is 2. The van der Waals surface area contributed by atoms with E-state index < -0.39 is 5.69 Å². The summed E-state index contributed by atoms with van der Waals surface area (Å²) in [5.41, 5.74) is 0.715. The highest BCUT2D eigenvalue weighted by Crippen LogP contribution is 2.34. The van der Waals surface area contributed by atoms with Crippen molar-refractivity contribution in [2.75, 3.05) is 45.4 Å². The fraction of sp³-hybridized carbons (Fsp3) is 0.304. The number of fused-ring (bicyclic) bond motifs is 1. The fourth-order valence-corrected chi connectivity index (χ4v) is 4.91. The number of ether oxygens (including phenoxy) is 3. The van der Waals surface area contributed by atoms with E-state index in [1.807, 2.05) is 0 Å². The van der Waals surface area contributed by atoms with Crippen molar-refractivity contribution in [3.63, 3.8) is 0 Å². The van der Waals surface area contributed by atoms with Crippen LogP contribution in [0.4, 0.5) is 5.13 Å². The summed E-state index contributed by atoms with van der Waals surface area (Å²) < 4.78 is 22.9. The molecule has 0 atom stereocenters. The molecule has 0 aliphatic carbocycles. The Morgan fingerprint density at radius 3 is 2.62 bits per heavy atom. The predicted octanol–water partition coefficient (Wildman–Crippen LogP) is 2.85. The van der Waals surface area contributed by atoms with Crippen LogP contribution >= 0.6 is 11.3 Å². The highest BCUT2D eigenvalue weighted by molar-refractivity contribution is 7.22. The van der Waals surface area contributed by atoms with Crippen LogP contribution in [0.15, 0.2) is 45.8 Å². The van der Waals surface area contributed by atoms with Gasteiger partial charge in [0.25, 0.3) is 0 Å². The van der Waals surface area contributed by atoms with Gasteiger partial charge in [0.1, 0.15) is 16.0 Å². The van der Waals surface area contributed by atoms with Crippen LogP contribution in [0.25, 0.3) is 21.8 Å². The summed E-state index contributed by atoms with van der Waals surface area (Å²) in [6.07, 6.45) is 1.52. The van der Waals surface area contributed by atoms with Crippen molar-refractivity contribution < 1.29 is 23.4 Å². The van der Waals surface area contributed by atoms with Crippen molar-refractivity contribution >= 4 is 32.6 Å². The number of Topliss-reactive ketones (excluding diaryl/α,β-unsaturated/α-hetero) is 1. The van der Waals surface area contributed by atoms with Crippen LogP contribution in [0.3, 0.4) is 0 Å². The van der Waals surface area contributed by atoms with Gasteiger partial charge in [-0.15, -0.1) is 0 Å². The zero-order valence-corrected chi connectivity index (χ0v) is 19.5. The topological polar surface area (TPSA) is 109 Å². The van der Waals surface area contributed by atoms with Crippen molar-refractivity contribution in [3.05, 3.63) is 52.6 Å². The van der Waals surface area contributed by atoms with Gasteiger partial charge in [0.05, 0.1) is 40.2 Å². The highest BCUT2D eigenvalue weighted by Gasteiger charge is 2.23. The SMILES string of the molecule is COc1ccc(C(=O)Cn2c(=O)nc(-c3ccco3)c3nc(N4CCOCC4)sc32)cc1OC. The average molecular weight is 483 g/mol. The maximum absolute atomic E-state index is 13.2. The third-order valence-electron chi connectivity index (χ3n) is 5.55. The standard InChI is InChI=1S/C23H22N4O6S/c1-30-16-6-5-14(12-18(16)31-2)15(28)13-27-21-20(19(24-22(27)29)17-4-3-9-33-17)25-23(34-21)26-7-10-32-11-8-26/h3-6,9,12H,7-8,10-11,13H2,1-2H3. The number of hydrogen-bond donors (Lipinski definition) is 0. The smallest absolute Gasteiger partial charge is 0.349 e. The monoisotopic (exact) mass is 482 g/mol. The number of furan rings is 1. The molecule has 0 radical (unpaired) electrons. The van der Waals surface area contributed by atoms with E-state index in [1.165, 1.54) is 36.4 Å². The largest absolute Gasteiger partial charge is 0.493 e. The van der Waals surface area contributed by atoms with Crippen LogP contribution in [-0.2, 0) is 11.3 Å². The van der Waals surface area contributed by atoms with Crippen LogP contribution in [0.1, 0.15) is 10.4 Å². The van der Waals surface area contributed by atoms with Crippen molar-refractivity contribution in [2.24, 2.45) is 0 Å². The van der Waals surface area contributed by atoms with E-state index in [4.69, 9.17) is 23.6 Å². The molecule has 0 N–H and O–H groups in total. The summed E-state index contributed by atoms with van der Waals surface area (Å²) in [5, 5.41) is 0.742. The molecular formula is C23H22N4O6S. The molecule has 0 unspecified atom stereocenters. The molecule has 0 spiro atoms. The average Bonchev–Trinajstić information content (AvgIpc) is 3.56. The lowest BCUT2D eigenvalue weighted by Gasteiger charge is -2.25. The van der Waals surface area contributed by atoms with Gasteiger partial charge in [-0.3, -0.25) is 9.36 Å². The number of ketones is 1. The molecule has 1 fully saturated rings. The van der Waals surface area contributed by atoms with Gasteiger partial charge >= 0.3 is 5.69 Å². The van der Waals surface area contributed by atoms with Crippen molar-refractivity contribution in [2.45, 2.75) is 6.54 Å². The molecule has 0 bridgehead atoms. The molecule has 1 saturated heterocycles. The normalized spacial score (nSPS) is 13.9. The Labute approximate surface area is 198 Å². The lowest BCUT2D eigenvalue weighted by atomic mass is 10.1. The van der Waals surface area contributed by atoms with E-state index in [0.29, 0.717) is 65.2 Å². The van der Waals surface area contributed by atoms with Crippen LogP contribution < -0.4 is 20.1 Å². The summed E-state index contributed by atoms with van der Waals surface area (Å²) in [5.74, 6) is 1.13. The van der Waals surface area contributed by atoms with Gasteiger partial charge in [0.2, 0.25) is 0 Å². The minimum atomic E-state index is -0.551. The molecule has 4 aromatic rings. The minimum absolute atomic E-state index is 0.193. The van der Waals surface area contributed by atoms with Crippen LogP contribution in [0, 0.1) is 0 Å². The maximum Gasteiger partial charge on any atom is 0.349 e. The molecular weight excluding hydrogens is 460 g/mol. The van der Waals surface area contributed by atoms with Gasteiger partial charge in [-0.05, 0) is 30.3 Å². The molecule has 1 aliphatic heterocycles. The Morgan fingerprint density at radius 1 is 1.12 bits per heavy atom. The lowest BCUT2D eigenvalue weighted by molar-refractivity contribution is 0.0971. The summed E-state index contributed by atoms with van der Waals surface area (Å²) in [6, 6.07) is 8.35. The Balaban J connectivity index is 1.58. The molecule has 11 heteroatoms. The van der Waals surface area contributed by atoms with E-state index >= 15 is 0 Å². The number of aromatic nitrogens is 3. The van der Waals surface area contributed by atoms with Gasteiger partial charge in [-0.25, -0.2) is 9.78 Å². The quantitative estimate of drug-likeness (QED) is 0.367. The Morgan fingerprint density at radius 2 is 1.91 bits per heavy atom. The number of carbonyl (C=O) groups is 1. The summed E-state index contributed by atoms with van der Waals surface area (Å²) >= 11 is 1.35. The van der Waals surface area contributed by atoms with Gasteiger partial charge in [0, 0.05) is 18.7 Å². The second kappa shape index (κ2) is 9.27. The first-order chi connectivity index (χ1) is 16.6. The first kappa shape index (κ1) is 22.1. The summed E-state index contributed by atoms with van der Waals surface area (Å²) in [4.78, 5) is 37.9. The number of anilines is 1. The van der Waals surface area contributed by atoms with E-state index in [1.54, 1.807) is 30.3 Å². The molecule has 1 aromatic carbocycles. The van der Waals surface area contributed by atoms with Crippen LogP contribution in [-0.4, -0.2) is 60.8 Å². The Hall–Kier alpha value is -3.70. The van der Waals surface area contributed by atoms with Gasteiger partial charge in [-0.2, -0.15) is 4.98 Å². The molecule has 3 aromatic heterocycles. The third-order valence-corrected chi connectivity index (χ3v) is 6.69. The molecule has 34 heavy (non-hydrogen) atoms. The second-order valence-electron chi connectivity index (χ2n) is 7.55. The first-order valence-corrected chi connectivity index (χ1v) is 11.4. The molecule has 10 nitrogen and oxygen atoms in total. The maximum atomic E-state index is 13.2. The van der Waals surface area contributed by atoms with Crippen molar-refractivity contribution in [1.29, 1.82) is 0 Å². The number of morpholine rings is 1. The van der Waals surface area contributed by atoms with E-state index in [9.17, 15) is 9.59 Å². The number of thiazole rings is 1. The second-order valence-corrected chi connectivity index (χ2v) is 8.50. The number of benzene rings is 1. The van der Waals surface area contributed by atoms with Gasteiger partial charge in [-0.1, -0.05) is 11.3 Å². The lowest BCUT2D eigenvalue weighted by Crippen LogP contribution is -2.36. The highest BCUT2D eigenvalue weighted by atomic mass is 32.1. The number of rotatable bonds is 7. The van der Waals surface area contributed by atoms with E-state index in [0.717, 1.165) is 5.13 Å². The van der Waals surface area contributed by atoms with Crippen molar-refractivity contribution in [3.8, 4) is 23.0 Å². The number of nitrogens with zero attached hydrogens (tertiary/aromatic N) is 4. The van der Waals surface area contributed by atoms with E-state index in [2.05, 4.69) is 9.88 Å². The van der Waals surface area contributed by atoms with Crippen LogP contribution in [0.5, 0.6) is 11.5 Å². The molecule has 4 heterocycles. The molecule has 176 valence electrons. The predicted molar refractivity (Wildman–Crippen MR) is 126 cm³/mol. The van der Waals surface area contributed by atoms with E-state index in [-0.39, 0.29) is 12.3 Å². The zero-order chi connectivity index (χ0) is 23.7.